The van der Waals surface area contributed by atoms with Crippen LogP contribution in [0.15, 0.2) is 42.0 Å². The fraction of sp³-hybridized carbons (Fsp3) is 0.231. The van der Waals surface area contributed by atoms with Gasteiger partial charge in [0.15, 0.2) is 11.6 Å². The van der Waals surface area contributed by atoms with E-state index >= 15 is 0 Å². The molecule has 18 heavy (non-hydrogen) atoms. The molecule has 4 N–H and O–H groups in total. The Bertz CT molecular complexity index is 500. The van der Waals surface area contributed by atoms with Crippen LogP contribution in [0.2, 0.25) is 0 Å². The smallest absolute Gasteiger partial charge is 0.180 e. The van der Waals surface area contributed by atoms with E-state index in [0.717, 1.165) is 0 Å². The zero-order valence-electron chi connectivity index (χ0n) is 10.8. The molecule has 0 aliphatic rings. The van der Waals surface area contributed by atoms with E-state index in [0.29, 0.717) is 22.9 Å². The van der Waals surface area contributed by atoms with E-state index < -0.39 is 0 Å². The second kappa shape index (κ2) is 6.44. The third-order valence-electron chi connectivity index (χ3n) is 2.25. The molecule has 0 atom stereocenters. The van der Waals surface area contributed by atoms with Gasteiger partial charge in [-0.25, -0.2) is 9.97 Å². The van der Waals surface area contributed by atoms with Crippen molar-refractivity contribution >= 4 is 5.82 Å². The SMILES string of the molecule is C\C=C/C=C\C(Nc1ncnc(C)c1O)=C(\C)N. The lowest BCUT2D eigenvalue weighted by molar-refractivity contribution is 0.467. The van der Waals surface area contributed by atoms with E-state index in [4.69, 9.17) is 5.73 Å². The lowest BCUT2D eigenvalue weighted by atomic mass is 10.3. The van der Waals surface area contributed by atoms with Gasteiger partial charge in [0.25, 0.3) is 0 Å². The van der Waals surface area contributed by atoms with Crippen LogP contribution in [0.1, 0.15) is 19.5 Å². The van der Waals surface area contributed by atoms with E-state index in [1.54, 1.807) is 13.8 Å². The highest BCUT2D eigenvalue weighted by molar-refractivity contribution is 5.56. The number of nitrogens with two attached hydrogens (primary N) is 1. The van der Waals surface area contributed by atoms with Gasteiger partial charge in [0.2, 0.25) is 0 Å². The molecule has 1 aromatic rings. The summed E-state index contributed by atoms with van der Waals surface area (Å²) >= 11 is 0. The Kier molecular flexibility index (Phi) is 4.92. The molecule has 0 saturated heterocycles. The number of aromatic hydroxyl groups is 1. The summed E-state index contributed by atoms with van der Waals surface area (Å²) in [5.41, 5.74) is 7.57. The number of rotatable bonds is 4. The van der Waals surface area contributed by atoms with E-state index in [1.165, 1.54) is 6.33 Å². The molecular formula is C13H18N4O. The molecule has 0 radical (unpaired) electrons. The highest BCUT2D eigenvalue weighted by atomic mass is 16.3. The molecule has 0 spiro atoms. The van der Waals surface area contributed by atoms with Gasteiger partial charge < -0.3 is 16.2 Å². The van der Waals surface area contributed by atoms with E-state index in [2.05, 4.69) is 15.3 Å². The van der Waals surface area contributed by atoms with Crippen molar-refractivity contribution in [3.63, 3.8) is 0 Å². The zero-order valence-corrected chi connectivity index (χ0v) is 10.8. The number of nitrogens with one attached hydrogen (secondary N) is 1. The van der Waals surface area contributed by atoms with Gasteiger partial charge in [-0.15, -0.1) is 0 Å². The van der Waals surface area contributed by atoms with Crippen molar-refractivity contribution in [2.75, 3.05) is 5.32 Å². The highest BCUT2D eigenvalue weighted by Crippen LogP contribution is 2.23. The van der Waals surface area contributed by atoms with Crippen LogP contribution in [0.4, 0.5) is 5.82 Å². The molecule has 5 nitrogen and oxygen atoms in total. The molecule has 1 heterocycles. The highest BCUT2D eigenvalue weighted by Gasteiger charge is 2.07. The number of aryl methyl sites for hydroxylation is 1. The second-order valence-corrected chi connectivity index (χ2v) is 3.76. The van der Waals surface area contributed by atoms with Gasteiger partial charge in [0.05, 0.1) is 11.4 Å². The van der Waals surface area contributed by atoms with Crippen LogP contribution in [-0.4, -0.2) is 15.1 Å². The lowest BCUT2D eigenvalue weighted by Crippen LogP contribution is -2.07. The molecule has 0 aliphatic carbocycles. The van der Waals surface area contributed by atoms with Gasteiger partial charge in [-0.1, -0.05) is 18.2 Å². The Morgan fingerprint density at radius 2 is 2.11 bits per heavy atom. The van der Waals surface area contributed by atoms with Gasteiger partial charge in [-0.05, 0) is 26.8 Å². The van der Waals surface area contributed by atoms with Crippen LogP contribution in [0.5, 0.6) is 5.75 Å². The maximum Gasteiger partial charge on any atom is 0.180 e. The van der Waals surface area contributed by atoms with Crippen molar-refractivity contribution < 1.29 is 5.11 Å². The third kappa shape index (κ3) is 3.62. The molecule has 1 rings (SSSR count). The Morgan fingerprint density at radius 1 is 1.39 bits per heavy atom. The second-order valence-electron chi connectivity index (χ2n) is 3.76. The van der Waals surface area contributed by atoms with E-state index in [9.17, 15) is 5.11 Å². The van der Waals surface area contributed by atoms with Crippen LogP contribution in [-0.2, 0) is 0 Å². The summed E-state index contributed by atoms with van der Waals surface area (Å²) in [6.45, 7) is 5.40. The van der Waals surface area contributed by atoms with Crippen molar-refractivity contribution in [1.82, 2.24) is 9.97 Å². The summed E-state index contributed by atoms with van der Waals surface area (Å²) in [5, 5.41) is 12.8. The molecular weight excluding hydrogens is 228 g/mol. The largest absolute Gasteiger partial charge is 0.503 e. The lowest BCUT2D eigenvalue weighted by Gasteiger charge is -2.10. The summed E-state index contributed by atoms with van der Waals surface area (Å²) in [4.78, 5) is 7.87. The maximum atomic E-state index is 9.81. The van der Waals surface area contributed by atoms with Crippen LogP contribution >= 0.6 is 0 Å². The van der Waals surface area contributed by atoms with Crippen LogP contribution in [0, 0.1) is 6.92 Å². The molecule has 0 saturated carbocycles. The summed E-state index contributed by atoms with van der Waals surface area (Å²) in [6.07, 6.45) is 8.84. The standard InChI is InChI=1S/C13H18N4O/c1-4-5-6-7-11(9(2)14)17-13-12(18)10(3)15-8-16-13/h4-8,18H,14H2,1-3H3,(H,15,16,17)/b5-4-,7-6-,11-9+. The fourth-order valence-corrected chi connectivity index (χ4v) is 1.22. The Balaban J connectivity index is 2.99. The Morgan fingerprint density at radius 3 is 2.72 bits per heavy atom. The topological polar surface area (TPSA) is 84.1 Å². The number of anilines is 1. The predicted molar refractivity (Wildman–Crippen MR) is 72.9 cm³/mol. The van der Waals surface area contributed by atoms with Crippen molar-refractivity contribution in [2.24, 2.45) is 5.73 Å². The number of allylic oxidation sites excluding steroid dienone is 5. The average molecular weight is 246 g/mol. The Hall–Kier alpha value is -2.30. The van der Waals surface area contributed by atoms with E-state index in [-0.39, 0.29) is 5.75 Å². The zero-order chi connectivity index (χ0) is 13.5. The summed E-state index contributed by atoms with van der Waals surface area (Å²) < 4.78 is 0. The molecule has 0 fully saturated rings. The first-order valence-electron chi connectivity index (χ1n) is 5.59. The summed E-state index contributed by atoms with van der Waals surface area (Å²) in [7, 11) is 0. The van der Waals surface area contributed by atoms with E-state index in [1.807, 2.05) is 31.2 Å². The molecule has 0 aromatic carbocycles. The Labute approximate surface area is 107 Å². The molecule has 0 unspecified atom stereocenters. The number of aromatic nitrogens is 2. The minimum atomic E-state index is 0.0238. The maximum absolute atomic E-state index is 9.81. The number of hydrogen-bond acceptors (Lipinski definition) is 5. The van der Waals surface area contributed by atoms with Gasteiger partial charge in [-0.2, -0.15) is 0 Å². The molecule has 5 heteroatoms. The average Bonchev–Trinajstić information content (AvgIpc) is 2.33. The van der Waals surface area contributed by atoms with Gasteiger partial charge >= 0.3 is 0 Å². The fourth-order valence-electron chi connectivity index (χ4n) is 1.22. The van der Waals surface area contributed by atoms with Crippen molar-refractivity contribution in [1.29, 1.82) is 0 Å². The number of nitrogens with zero attached hydrogens (tertiary/aromatic N) is 2. The molecule has 1 aromatic heterocycles. The van der Waals surface area contributed by atoms with Crippen molar-refractivity contribution in [2.45, 2.75) is 20.8 Å². The normalized spacial score (nSPS) is 13.1. The van der Waals surface area contributed by atoms with Gasteiger partial charge in [0.1, 0.15) is 6.33 Å². The molecule has 96 valence electrons. The first kappa shape index (κ1) is 13.8. The molecule has 0 bridgehead atoms. The predicted octanol–water partition coefficient (Wildman–Crippen LogP) is 2.23. The van der Waals surface area contributed by atoms with Crippen LogP contribution in [0.3, 0.4) is 0 Å². The number of hydrogen-bond donors (Lipinski definition) is 3. The summed E-state index contributed by atoms with van der Waals surface area (Å²) in [6, 6.07) is 0. The first-order chi connectivity index (χ1) is 8.56. The van der Waals surface area contributed by atoms with Gasteiger partial charge in [0, 0.05) is 5.70 Å². The third-order valence-corrected chi connectivity index (χ3v) is 2.25. The summed E-state index contributed by atoms with van der Waals surface area (Å²) in [5.74, 6) is 0.364. The van der Waals surface area contributed by atoms with Crippen molar-refractivity contribution in [3.8, 4) is 5.75 Å². The molecule has 0 aliphatic heterocycles. The quantitative estimate of drug-likeness (QED) is 0.709. The van der Waals surface area contributed by atoms with Crippen molar-refractivity contribution in [3.05, 3.63) is 47.7 Å². The van der Waals surface area contributed by atoms with Crippen LogP contribution in [0.25, 0.3) is 0 Å². The minimum absolute atomic E-state index is 0.0238. The first-order valence-corrected chi connectivity index (χ1v) is 5.59. The molecule has 0 amide bonds. The minimum Gasteiger partial charge on any atom is -0.503 e. The van der Waals surface area contributed by atoms with Gasteiger partial charge in [-0.3, -0.25) is 0 Å². The van der Waals surface area contributed by atoms with Crippen LogP contribution < -0.4 is 11.1 Å². The monoisotopic (exact) mass is 246 g/mol.